The number of hydrogen-bond acceptors (Lipinski definition) is 4. The maximum absolute atomic E-state index is 11.7. The van der Waals surface area contributed by atoms with Gasteiger partial charge in [-0.2, -0.15) is 0 Å². The molecule has 1 N–H and O–H groups in total. The predicted molar refractivity (Wildman–Crippen MR) is 59.2 cm³/mol. The first-order valence-corrected chi connectivity index (χ1v) is 5.48. The van der Waals surface area contributed by atoms with Crippen LogP contribution in [0.5, 0.6) is 0 Å². The lowest BCUT2D eigenvalue weighted by molar-refractivity contribution is 0.0269. The van der Waals surface area contributed by atoms with Gasteiger partial charge in [-0.25, -0.2) is 4.79 Å². The highest BCUT2D eigenvalue weighted by Gasteiger charge is 2.35. The highest BCUT2D eigenvalue weighted by Crippen LogP contribution is 2.20. The average molecular weight is 231 g/mol. The highest BCUT2D eigenvalue weighted by molar-refractivity contribution is 5.68. The molecule has 1 heterocycles. The Morgan fingerprint density at radius 1 is 1.44 bits per heavy atom. The maximum atomic E-state index is 11.7. The lowest BCUT2D eigenvalue weighted by Crippen LogP contribution is -2.35. The highest BCUT2D eigenvalue weighted by atomic mass is 16.6. The lowest BCUT2D eigenvalue weighted by Gasteiger charge is -2.24. The molecule has 2 atom stereocenters. The molecule has 1 aliphatic heterocycles. The molecule has 1 rings (SSSR count). The number of methoxy groups -OCH3 is 1. The Labute approximate surface area is 96.3 Å². The summed E-state index contributed by atoms with van der Waals surface area (Å²) in [6.07, 6.45) is -0.891. The van der Waals surface area contributed by atoms with E-state index in [1.807, 2.05) is 20.8 Å². The number of aliphatic hydroxyl groups excluding tert-OH is 1. The summed E-state index contributed by atoms with van der Waals surface area (Å²) < 4.78 is 10.2. The molecule has 1 fully saturated rings. The maximum Gasteiger partial charge on any atom is 0.410 e. The fourth-order valence-corrected chi connectivity index (χ4v) is 1.71. The van der Waals surface area contributed by atoms with E-state index in [9.17, 15) is 9.90 Å². The van der Waals surface area contributed by atoms with Crippen LogP contribution in [0.1, 0.15) is 20.8 Å². The molecule has 1 aliphatic rings. The van der Waals surface area contributed by atoms with Crippen molar-refractivity contribution in [3.05, 3.63) is 0 Å². The quantitative estimate of drug-likeness (QED) is 0.765. The monoisotopic (exact) mass is 231 g/mol. The SMILES string of the molecule is COC[C@H]1CN(C(=O)OC(C)(C)C)C[C@@H]1O. The number of aliphatic hydroxyl groups is 1. The van der Waals surface area contributed by atoms with Gasteiger partial charge in [0.15, 0.2) is 0 Å². The third-order valence-electron chi connectivity index (χ3n) is 2.44. The Kier molecular flexibility index (Phi) is 4.15. The Balaban J connectivity index is 2.48. The molecule has 0 bridgehead atoms. The molecule has 0 aromatic heterocycles. The van der Waals surface area contributed by atoms with Crippen molar-refractivity contribution in [1.29, 1.82) is 0 Å². The third kappa shape index (κ3) is 3.64. The molecule has 0 saturated carbocycles. The van der Waals surface area contributed by atoms with E-state index in [4.69, 9.17) is 9.47 Å². The molecule has 1 amide bonds. The first kappa shape index (κ1) is 13.3. The van der Waals surface area contributed by atoms with Crippen molar-refractivity contribution >= 4 is 6.09 Å². The standard InChI is InChI=1S/C11H21NO4/c1-11(2,3)16-10(14)12-5-8(7-15-4)9(13)6-12/h8-9,13H,5-7H2,1-4H3/t8-,9+/m1/s1. The van der Waals surface area contributed by atoms with E-state index in [2.05, 4.69) is 0 Å². The van der Waals surface area contributed by atoms with Gasteiger partial charge in [0.1, 0.15) is 5.60 Å². The fraction of sp³-hybridized carbons (Fsp3) is 0.909. The van der Waals surface area contributed by atoms with Crippen molar-refractivity contribution in [1.82, 2.24) is 4.90 Å². The van der Waals surface area contributed by atoms with Crippen molar-refractivity contribution in [2.24, 2.45) is 5.92 Å². The topological polar surface area (TPSA) is 59.0 Å². The Hall–Kier alpha value is -0.810. The summed E-state index contributed by atoms with van der Waals surface area (Å²) in [6.45, 7) is 6.74. The molecule has 0 aromatic carbocycles. The summed E-state index contributed by atoms with van der Waals surface area (Å²) in [5.41, 5.74) is -0.499. The number of carbonyl (C=O) groups excluding carboxylic acids is 1. The molecule has 5 heteroatoms. The van der Waals surface area contributed by atoms with Crippen LogP contribution in [0.4, 0.5) is 4.79 Å². The van der Waals surface area contributed by atoms with E-state index >= 15 is 0 Å². The second kappa shape index (κ2) is 5.01. The number of nitrogens with zero attached hydrogens (tertiary/aromatic N) is 1. The summed E-state index contributed by atoms with van der Waals surface area (Å²) >= 11 is 0. The van der Waals surface area contributed by atoms with Gasteiger partial charge in [0.25, 0.3) is 0 Å². The number of ether oxygens (including phenoxy) is 2. The van der Waals surface area contributed by atoms with Gasteiger partial charge in [-0.1, -0.05) is 0 Å². The summed E-state index contributed by atoms with van der Waals surface area (Å²) in [6, 6.07) is 0. The van der Waals surface area contributed by atoms with Crippen molar-refractivity contribution in [3.8, 4) is 0 Å². The van der Waals surface area contributed by atoms with E-state index in [0.717, 1.165) is 0 Å². The number of hydrogen-bond donors (Lipinski definition) is 1. The van der Waals surface area contributed by atoms with Crippen molar-refractivity contribution in [3.63, 3.8) is 0 Å². The fourth-order valence-electron chi connectivity index (χ4n) is 1.71. The summed E-state index contributed by atoms with van der Waals surface area (Å²) in [5, 5.41) is 9.71. The first-order valence-electron chi connectivity index (χ1n) is 5.48. The van der Waals surface area contributed by atoms with Gasteiger partial charge in [-0.15, -0.1) is 0 Å². The van der Waals surface area contributed by atoms with E-state index in [-0.39, 0.29) is 12.0 Å². The van der Waals surface area contributed by atoms with Crippen molar-refractivity contribution < 1.29 is 19.4 Å². The summed E-state index contributed by atoms with van der Waals surface area (Å²) in [5.74, 6) is -0.0162. The molecule has 5 nitrogen and oxygen atoms in total. The van der Waals surface area contributed by atoms with Gasteiger partial charge < -0.3 is 19.5 Å². The van der Waals surface area contributed by atoms with E-state index in [0.29, 0.717) is 19.7 Å². The number of β-amino-alcohol motifs (C(OH)–C–C–N with tert-alkyl or cyclic N) is 1. The van der Waals surface area contributed by atoms with Crippen LogP contribution in [0.2, 0.25) is 0 Å². The van der Waals surface area contributed by atoms with Crippen molar-refractivity contribution in [2.75, 3.05) is 26.8 Å². The number of likely N-dealkylation sites (tertiary alicyclic amines) is 1. The molecule has 0 unspecified atom stereocenters. The van der Waals surface area contributed by atoms with Crippen molar-refractivity contribution in [2.45, 2.75) is 32.5 Å². The minimum atomic E-state index is -0.521. The molecule has 0 radical (unpaired) electrons. The molecule has 1 saturated heterocycles. The second-order valence-corrected chi connectivity index (χ2v) is 5.17. The van der Waals surface area contributed by atoms with Crippen LogP contribution >= 0.6 is 0 Å². The lowest BCUT2D eigenvalue weighted by atomic mass is 10.1. The largest absolute Gasteiger partial charge is 0.444 e. The van der Waals surface area contributed by atoms with Crippen LogP contribution in [-0.2, 0) is 9.47 Å². The van der Waals surface area contributed by atoms with E-state index < -0.39 is 11.7 Å². The molecular formula is C11H21NO4. The summed E-state index contributed by atoms with van der Waals surface area (Å²) in [7, 11) is 1.59. The van der Waals surface area contributed by atoms with Crippen LogP contribution in [0.3, 0.4) is 0 Å². The van der Waals surface area contributed by atoms with Crippen LogP contribution in [-0.4, -0.2) is 54.6 Å². The molecule has 94 valence electrons. The van der Waals surface area contributed by atoms with Crippen LogP contribution in [0.25, 0.3) is 0 Å². The van der Waals surface area contributed by atoms with Crippen LogP contribution in [0.15, 0.2) is 0 Å². The third-order valence-corrected chi connectivity index (χ3v) is 2.44. The van der Waals surface area contributed by atoms with E-state index in [1.54, 1.807) is 7.11 Å². The minimum absolute atomic E-state index is 0.0162. The van der Waals surface area contributed by atoms with Gasteiger partial charge in [0.2, 0.25) is 0 Å². The molecular weight excluding hydrogens is 210 g/mol. The van der Waals surface area contributed by atoms with E-state index in [1.165, 1.54) is 4.90 Å². The minimum Gasteiger partial charge on any atom is -0.444 e. The van der Waals surface area contributed by atoms with Crippen LogP contribution < -0.4 is 0 Å². The zero-order chi connectivity index (χ0) is 12.3. The average Bonchev–Trinajstić information content (AvgIpc) is 2.46. The Morgan fingerprint density at radius 3 is 2.56 bits per heavy atom. The first-order chi connectivity index (χ1) is 7.33. The molecule has 0 aliphatic carbocycles. The van der Waals surface area contributed by atoms with Gasteiger partial charge in [0.05, 0.1) is 19.3 Å². The normalized spacial score (nSPS) is 25.9. The Morgan fingerprint density at radius 2 is 2.06 bits per heavy atom. The summed E-state index contributed by atoms with van der Waals surface area (Å²) in [4.78, 5) is 13.2. The second-order valence-electron chi connectivity index (χ2n) is 5.17. The van der Waals surface area contributed by atoms with Gasteiger partial charge in [0, 0.05) is 19.6 Å². The van der Waals surface area contributed by atoms with Crippen LogP contribution in [0, 0.1) is 5.92 Å². The molecule has 16 heavy (non-hydrogen) atoms. The molecule has 0 spiro atoms. The number of rotatable bonds is 2. The van der Waals surface area contributed by atoms with Gasteiger partial charge >= 0.3 is 6.09 Å². The zero-order valence-electron chi connectivity index (χ0n) is 10.4. The smallest absolute Gasteiger partial charge is 0.410 e. The number of amides is 1. The number of carbonyl (C=O) groups is 1. The van der Waals surface area contributed by atoms with Gasteiger partial charge in [-0.3, -0.25) is 0 Å². The zero-order valence-corrected chi connectivity index (χ0v) is 10.4. The Bertz CT molecular complexity index is 249. The molecule has 0 aromatic rings. The predicted octanol–water partition coefficient (Wildman–Crippen LogP) is 0.861. The van der Waals surface area contributed by atoms with Gasteiger partial charge in [-0.05, 0) is 20.8 Å².